The minimum absolute atomic E-state index is 0.224. The molecular formula is C21H21NO5. The Balaban J connectivity index is 2.10. The predicted molar refractivity (Wildman–Crippen MR) is 102 cm³/mol. The lowest BCUT2D eigenvalue weighted by Crippen LogP contribution is -2.04. The molecule has 6 heteroatoms. The average molecular weight is 367 g/mol. The molecule has 140 valence electrons. The summed E-state index contributed by atoms with van der Waals surface area (Å²) in [4.78, 5) is 23.2. The number of aromatic nitrogens is 1. The van der Waals surface area contributed by atoms with Crippen molar-refractivity contribution in [1.82, 2.24) is 4.57 Å². The van der Waals surface area contributed by atoms with Crippen LogP contribution in [0.5, 0.6) is 5.75 Å². The third-order valence-electron chi connectivity index (χ3n) is 4.80. The highest BCUT2D eigenvalue weighted by molar-refractivity contribution is 5.96. The number of aromatic carboxylic acids is 1. The summed E-state index contributed by atoms with van der Waals surface area (Å²) in [6, 6.07) is 8.83. The molecule has 3 aromatic rings. The molecule has 0 unspecified atom stereocenters. The van der Waals surface area contributed by atoms with Gasteiger partial charge < -0.3 is 19.1 Å². The molecule has 0 amide bonds. The number of carbonyl (C=O) groups excluding carboxylic acids is 1. The predicted octanol–water partition coefficient (Wildman–Crippen LogP) is 3.57. The van der Waals surface area contributed by atoms with Crippen LogP contribution in [0, 0.1) is 6.92 Å². The molecule has 1 aromatic heterocycles. The number of ether oxygens (including phenoxy) is 2. The number of aryl methyl sites for hydroxylation is 1. The molecule has 0 aliphatic carbocycles. The van der Waals surface area contributed by atoms with Crippen molar-refractivity contribution in [2.24, 2.45) is 7.05 Å². The molecule has 1 N–H and O–H groups in total. The quantitative estimate of drug-likeness (QED) is 0.698. The van der Waals surface area contributed by atoms with Crippen LogP contribution in [0.2, 0.25) is 0 Å². The maximum Gasteiger partial charge on any atom is 0.337 e. The van der Waals surface area contributed by atoms with E-state index in [0.717, 1.165) is 22.0 Å². The first-order valence-electron chi connectivity index (χ1n) is 8.43. The van der Waals surface area contributed by atoms with E-state index in [1.54, 1.807) is 25.1 Å². The summed E-state index contributed by atoms with van der Waals surface area (Å²) in [5.74, 6) is -0.799. The van der Waals surface area contributed by atoms with Gasteiger partial charge in [-0.25, -0.2) is 9.59 Å². The summed E-state index contributed by atoms with van der Waals surface area (Å²) in [7, 11) is 4.84. The molecule has 0 bridgehead atoms. The van der Waals surface area contributed by atoms with E-state index in [0.29, 0.717) is 23.3 Å². The molecule has 0 radical (unpaired) electrons. The fraction of sp³-hybridized carbons (Fsp3) is 0.238. The minimum Gasteiger partial charge on any atom is -0.496 e. The van der Waals surface area contributed by atoms with Gasteiger partial charge in [-0.2, -0.15) is 0 Å². The summed E-state index contributed by atoms with van der Waals surface area (Å²) in [5.41, 5.74) is 4.20. The van der Waals surface area contributed by atoms with Gasteiger partial charge in [0.2, 0.25) is 0 Å². The minimum atomic E-state index is -0.981. The molecule has 0 atom stereocenters. The van der Waals surface area contributed by atoms with Crippen molar-refractivity contribution in [3.05, 3.63) is 64.3 Å². The van der Waals surface area contributed by atoms with Crippen LogP contribution < -0.4 is 4.74 Å². The van der Waals surface area contributed by atoms with Crippen LogP contribution in [0.1, 0.15) is 37.4 Å². The van der Waals surface area contributed by atoms with Gasteiger partial charge in [-0.15, -0.1) is 0 Å². The van der Waals surface area contributed by atoms with Crippen molar-refractivity contribution < 1.29 is 24.2 Å². The molecule has 2 aromatic carbocycles. The van der Waals surface area contributed by atoms with Gasteiger partial charge in [0.25, 0.3) is 0 Å². The highest BCUT2D eigenvalue weighted by atomic mass is 16.5. The van der Waals surface area contributed by atoms with E-state index in [-0.39, 0.29) is 11.5 Å². The Kier molecular flexibility index (Phi) is 4.90. The van der Waals surface area contributed by atoms with Crippen molar-refractivity contribution in [3.8, 4) is 5.75 Å². The summed E-state index contributed by atoms with van der Waals surface area (Å²) >= 11 is 0. The molecular weight excluding hydrogens is 346 g/mol. The van der Waals surface area contributed by atoms with Crippen LogP contribution in [-0.2, 0) is 18.2 Å². The Morgan fingerprint density at radius 2 is 1.85 bits per heavy atom. The highest BCUT2D eigenvalue weighted by Gasteiger charge is 2.17. The van der Waals surface area contributed by atoms with E-state index in [1.165, 1.54) is 14.2 Å². The van der Waals surface area contributed by atoms with Gasteiger partial charge in [-0.1, -0.05) is 6.07 Å². The van der Waals surface area contributed by atoms with Gasteiger partial charge in [-0.3, -0.25) is 0 Å². The highest BCUT2D eigenvalue weighted by Crippen LogP contribution is 2.31. The number of carboxylic acids is 1. The van der Waals surface area contributed by atoms with E-state index < -0.39 is 5.97 Å². The number of methoxy groups -OCH3 is 2. The number of esters is 1. The van der Waals surface area contributed by atoms with Crippen molar-refractivity contribution in [3.63, 3.8) is 0 Å². The Hall–Kier alpha value is -3.28. The van der Waals surface area contributed by atoms with Crippen molar-refractivity contribution >= 4 is 22.8 Å². The first-order valence-corrected chi connectivity index (χ1v) is 8.43. The average Bonchev–Trinajstić information content (AvgIpc) is 2.96. The third-order valence-corrected chi connectivity index (χ3v) is 4.80. The van der Waals surface area contributed by atoms with Crippen LogP contribution in [0.4, 0.5) is 0 Å². The van der Waals surface area contributed by atoms with Gasteiger partial charge in [0.15, 0.2) is 0 Å². The fourth-order valence-corrected chi connectivity index (χ4v) is 3.47. The second-order valence-electron chi connectivity index (χ2n) is 6.40. The monoisotopic (exact) mass is 367 g/mol. The number of benzene rings is 2. The number of carbonyl (C=O) groups is 2. The van der Waals surface area contributed by atoms with E-state index in [2.05, 4.69) is 0 Å². The molecule has 0 aliphatic rings. The Morgan fingerprint density at radius 1 is 1.11 bits per heavy atom. The third kappa shape index (κ3) is 3.26. The number of rotatable bonds is 5. The summed E-state index contributed by atoms with van der Waals surface area (Å²) in [6.07, 6.45) is 2.55. The van der Waals surface area contributed by atoms with E-state index in [9.17, 15) is 14.7 Å². The zero-order chi connectivity index (χ0) is 19.7. The summed E-state index contributed by atoms with van der Waals surface area (Å²) in [6.45, 7) is 1.74. The topological polar surface area (TPSA) is 77.8 Å². The van der Waals surface area contributed by atoms with Crippen LogP contribution in [-0.4, -0.2) is 35.8 Å². The molecule has 0 saturated heterocycles. The lowest BCUT2D eigenvalue weighted by atomic mass is 9.97. The maximum absolute atomic E-state index is 11.9. The standard InChI is InChI=1S/C21H21NO5/c1-12-16(20(23)24)7-5-13(19(12)26-3)9-15-11-22(2)18-8-6-14(10-17(15)18)21(25)27-4/h5-8,10-11H,9H2,1-4H3,(H,23,24). The number of hydrogen-bond acceptors (Lipinski definition) is 4. The second kappa shape index (κ2) is 7.15. The Labute approximate surface area is 156 Å². The largest absolute Gasteiger partial charge is 0.496 e. The zero-order valence-corrected chi connectivity index (χ0v) is 15.7. The molecule has 0 aliphatic heterocycles. The number of nitrogens with zero attached hydrogens (tertiary/aromatic N) is 1. The van der Waals surface area contributed by atoms with Crippen LogP contribution in [0.15, 0.2) is 36.5 Å². The van der Waals surface area contributed by atoms with Crippen molar-refractivity contribution in [2.75, 3.05) is 14.2 Å². The van der Waals surface area contributed by atoms with Crippen LogP contribution in [0.3, 0.4) is 0 Å². The maximum atomic E-state index is 11.9. The van der Waals surface area contributed by atoms with Crippen LogP contribution in [0.25, 0.3) is 10.9 Å². The lowest BCUT2D eigenvalue weighted by molar-refractivity contribution is 0.0600. The number of fused-ring (bicyclic) bond motifs is 1. The molecule has 3 rings (SSSR count). The first-order chi connectivity index (χ1) is 12.9. The van der Waals surface area contributed by atoms with Crippen LogP contribution >= 0.6 is 0 Å². The van der Waals surface area contributed by atoms with E-state index in [1.807, 2.05) is 29.9 Å². The van der Waals surface area contributed by atoms with Crippen molar-refractivity contribution in [2.45, 2.75) is 13.3 Å². The summed E-state index contributed by atoms with van der Waals surface area (Å²) in [5, 5.41) is 10.3. The van der Waals surface area contributed by atoms with Gasteiger partial charge in [0, 0.05) is 36.1 Å². The fourth-order valence-electron chi connectivity index (χ4n) is 3.47. The second-order valence-corrected chi connectivity index (χ2v) is 6.40. The van der Waals surface area contributed by atoms with Gasteiger partial charge in [0.05, 0.1) is 25.3 Å². The Bertz CT molecular complexity index is 1050. The van der Waals surface area contributed by atoms with Gasteiger partial charge in [-0.05, 0) is 42.3 Å². The van der Waals surface area contributed by atoms with Gasteiger partial charge in [0.1, 0.15) is 5.75 Å². The summed E-state index contributed by atoms with van der Waals surface area (Å²) < 4.78 is 12.3. The van der Waals surface area contributed by atoms with Gasteiger partial charge >= 0.3 is 11.9 Å². The number of carboxylic acid groups (broad SMARTS) is 1. The molecule has 0 saturated carbocycles. The van der Waals surface area contributed by atoms with E-state index >= 15 is 0 Å². The molecule has 27 heavy (non-hydrogen) atoms. The number of hydrogen-bond donors (Lipinski definition) is 1. The molecule has 6 nitrogen and oxygen atoms in total. The molecule has 0 spiro atoms. The SMILES string of the molecule is COC(=O)c1ccc2c(c1)c(Cc1ccc(C(=O)O)c(C)c1OC)cn2C. The molecule has 0 fully saturated rings. The first kappa shape index (κ1) is 18.5. The van der Waals surface area contributed by atoms with E-state index in [4.69, 9.17) is 9.47 Å². The zero-order valence-electron chi connectivity index (χ0n) is 15.7. The Morgan fingerprint density at radius 3 is 2.48 bits per heavy atom. The smallest absolute Gasteiger partial charge is 0.337 e. The molecule has 1 heterocycles. The normalized spacial score (nSPS) is 10.8. The van der Waals surface area contributed by atoms with Crippen molar-refractivity contribution in [1.29, 1.82) is 0 Å². The lowest BCUT2D eigenvalue weighted by Gasteiger charge is -2.13.